The number of hydrogen-bond acceptors (Lipinski definition) is 2. The zero-order chi connectivity index (χ0) is 14.7. The summed E-state index contributed by atoms with van der Waals surface area (Å²) in [6, 6.07) is 4.87. The molecule has 0 aliphatic carbocycles. The Bertz CT molecular complexity index is 525. The molecule has 0 spiro atoms. The van der Waals surface area contributed by atoms with Crippen molar-refractivity contribution in [3.8, 4) is 0 Å². The number of carbonyl (C=O) groups is 1. The quantitative estimate of drug-likeness (QED) is 0.857. The van der Waals surface area contributed by atoms with Crippen molar-refractivity contribution in [1.29, 1.82) is 0 Å². The van der Waals surface area contributed by atoms with E-state index in [9.17, 15) is 9.18 Å². The fraction of sp³-hybridized carbons (Fsp3) is 0.438. The second kappa shape index (κ2) is 6.07. The monoisotopic (exact) mass is 277 g/mol. The summed E-state index contributed by atoms with van der Waals surface area (Å²) in [5.41, 5.74) is 1.17. The summed E-state index contributed by atoms with van der Waals surface area (Å²) in [6.07, 6.45) is 3.51. The molecule has 0 bridgehead atoms. The summed E-state index contributed by atoms with van der Waals surface area (Å²) < 4.78 is 14.1. The molecule has 1 atom stereocenters. The molecule has 1 aliphatic heterocycles. The minimum Gasteiger partial charge on any atom is -0.478 e. The molecule has 0 amide bonds. The van der Waals surface area contributed by atoms with Gasteiger partial charge >= 0.3 is 5.97 Å². The number of rotatable bonds is 4. The predicted octanol–water partition coefficient (Wildman–Crippen LogP) is 3.41. The van der Waals surface area contributed by atoms with Crippen LogP contribution in [0.15, 0.2) is 24.3 Å². The molecule has 1 heterocycles. The largest absolute Gasteiger partial charge is 0.478 e. The molecule has 1 aromatic rings. The lowest BCUT2D eigenvalue weighted by Crippen LogP contribution is -2.22. The Kier molecular flexibility index (Phi) is 4.42. The summed E-state index contributed by atoms with van der Waals surface area (Å²) in [5, 5.41) is 8.56. The van der Waals surface area contributed by atoms with Gasteiger partial charge in [-0.2, -0.15) is 0 Å². The zero-order valence-electron chi connectivity index (χ0n) is 11.8. The highest BCUT2D eigenvalue weighted by atomic mass is 19.1. The molecule has 1 unspecified atom stereocenters. The lowest BCUT2D eigenvalue weighted by molar-refractivity contribution is -0.131. The first-order valence-electron chi connectivity index (χ1n) is 6.93. The standard InChI is InChI=1S/C16H20FNO2/c1-11(2)13-7-8-18(10-13)15-5-3-12(9-14(15)17)4-6-16(19)20/h3-6,9,11,13H,7-8,10H2,1-2H3,(H,19,20)/b6-4+. The summed E-state index contributed by atoms with van der Waals surface area (Å²) >= 11 is 0. The van der Waals surface area contributed by atoms with Crippen molar-refractivity contribution >= 4 is 17.7 Å². The summed E-state index contributed by atoms with van der Waals surface area (Å²) in [5.74, 6) is -0.0995. The van der Waals surface area contributed by atoms with Crippen LogP contribution < -0.4 is 4.90 Å². The number of benzene rings is 1. The van der Waals surface area contributed by atoms with E-state index in [0.717, 1.165) is 25.6 Å². The number of aliphatic carboxylic acids is 1. The molecule has 20 heavy (non-hydrogen) atoms. The fourth-order valence-corrected chi connectivity index (χ4v) is 2.60. The molecule has 1 N–H and O–H groups in total. The van der Waals surface area contributed by atoms with E-state index in [-0.39, 0.29) is 5.82 Å². The Morgan fingerprint density at radius 3 is 2.80 bits per heavy atom. The molecular formula is C16H20FNO2. The molecule has 1 aromatic carbocycles. The third kappa shape index (κ3) is 3.38. The van der Waals surface area contributed by atoms with Crippen molar-refractivity contribution < 1.29 is 14.3 Å². The van der Waals surface area contributed by atoms with E-state index in [1.807, 2.05) is 0 Å². The van der Waals surface area contributed by atoms with Gasteiger partial charge in [-0.25, -0.2) is 9.18 Å². The molecule has 1 aliphatic rings. The number of carboxylic acid groups (broad SMARTS) is 1. The van der Waals surface area contributed by atoms with Crippen molar-refractivity contribution in [3.05, 3.63) is 35.7 Å². The maximum atomic E-state index is 14.1. The van der Waals surface area contributed by atoms with Gasteiger partial charge in [0.05, 0.1) is 5.69 Å². The average molecular weight is 277 g/mol. The average Bonchev–Trinajstić information content (AvgIpc) is 2.86. The van der Waals surface area contributed by atoms with Crippen LogP contribution in [-0.4, -0.2) is 24.2 Å². The van der Waals surface area contributed by atoms with Gasteiger partial charge in [-0.15, -0.1) is 0 Å². The molecule has 4 heteroatoms. The lowest BCUT2D eigenvalue weighted by Gasteiger charge is -2.20. The van der Waals surface area contributed by atoms with E-state index < -0.39 is 5.97 Å². The van der Waals surface area contributed by atoms with Gasteiger partial charge in [0.1, 0.15) is 5.82 Å². The van der Waals surface area contributed by atoms with Crippen LogP contribution in [0.3, 0.4) is 0 Å². The first-order valence-corrected chi connectivity index (χ1v) is 6.93. The number of carboxylic acids is 1. The molecular weight excluding hydrogens is 257 g/mol. The van der Waals surface area contributed by atoms with Crippen molar-refractivity contribution in [2.45, 2.75) is 20.3 Å². The van der Waals surface area contributed by atoms with E-state index in [0.29, 0.717) is 23.1 Å². The van der Waals surface area contributed by atoms with Crippen LogP contribution in [0.2, 0.25) is 0 Å². The highest BCUT2D eigenvalue weighted by molar-refractivity contribution is 5.85. The third-order valence-corrected chi connectivity index (χ3v) is 3.90. The third-order valence-electron chi connectivity index (χ3n) is 3.90. The molecule has 3 nitrogen and oxygen atoms in total. The molecule has 1 fully saturated rings. The Labute approximate surface area is 118 Å². The van der Waals surface area contributed by atoms with Crippen LogP contribution in [0.5, 0.6) is 0 Å². The Hall–Kier alpha value is -1.84. The molecule has 108 valence electrons. The topological polar surface area (TPSA) is 40.5 Å². The fourth-order valence-electron chi connectivity index (χ4n) is 2.60. The highest BCUT2D eigenvalue weighted by Gasteiger charge is 2.26. The normalized spacial score (nSPS) is 19.2. The van der Waals surface area contributed by atoms with Crippen molar-refractivity contribution in [1.82, 2.24) is 0 Å². The second-order valence-corrected chi connectivity index (χ2v) is 5.62. The van der Waals surface area contributed by atoms with Crippen molar-refractivity contribution in [2.75, 3.05) is 18.0 Å². The SMILES string of the molecule is CC(C)C1CCN(c2ccc(/C=C/C(=O)O)cc2F)C1. The second-order valence-electron chi connectivity index (χ2n) is 5.62. The van der Waals surface area contributed by atoms with E-state index in [2.05, 4.69) is 18.7 Å². The minimum absolute atomic E-state index is 0.290. The zero-order valence-corrected chi connectivity index (χ0v) is 11.8. The Balaban J connectivity index is 2.12. The number of anilines is 1. The van der Waals surface area contributed by atoms with E-state index in [1.54, 1.807) is 12.1 Å². The summed E-state index contributed by atoms with van der Waals surface area (Å²) in [4.78, 5) is 12.5. The van der Waals surface area contributed by atoms with Gasteiger partial charge in [-0.1, -0.05) is 19.9 Å². The molecule has 2 rings (SSSR count). The lowest BCUT2D eigenvalue weighted by atomic mass is 9.95. The van der Waals surface area contributed by atoms with Crippen molar-refractivity contribution in [2.24, 2.45) is 11.8 Å². The van der Waals surface area contributed by atoms with Crippen LogP contribution in [-0.2, 0) is 4.79 Å². The van der Waals surface area contributed by atoms with E-state index in [1.165, 1.54) is 12.1 Å². The maximum absolute atomic E-state index is 14.1. The van der Waals surface area contributed by atoms with Crippen LogP contribution in [0.4, 0.5) is 10.1 Å². The number of nitrogens with zero attached hydrogens (tertiary/aromatic N) is 1. The van der Waals surface area contributed by atoms with Crippen LogP contribution >= 0.6 is 0 Å². The minimum atomic E-state index is -1.03. The maximum Gasteiger partial charge on any atom is 0.328 e. The molecule has 1 saturated heterocycles. The summed E-state index contributed by atoms with van der Waals surface area (Å²) in [6.45, 7) is 6.16. The molecule has 0 saturated carbocycles. The first-order chi connectivity index (χ1) is 9.47. The summed E-state index contributed by atoms with van der Waals surface area (Å²) in [7, 11) is 0. The van der Waals surface area contributed by atoms with Crippen LogP contribution in [0.1, 0.15) is 25.8 Å². The Morgan fingerprint density at radius 2 is 2.25 bits per heavy atom. The van der Waals surface area contributed by atoms with Crippen LogP contribution in [0.25, 0.3) is 6.08 Å². The molecule has 0 radical (unpaired) electrons. The van der Waals surface area contributed by atoms with Gasteiger partial charge in [0.15, 0.2) is 0 Å². The highest BCUT2D eigenvalue weighted by Crippen LogP contribution is 2.30. The van der Waals surface area contributed by atoms with Gasteiger partial charge in [0, 0.05) is 19.2 Å². The number of halogens is 1. The Morgan fingerprint density at radius 1 is 1.50 bits per heavy atom. The van der Waals surface area contributed by atoms with Gasteiger partial charge in [-0.3, -0.25) is 0 Å². The number of hydrogen-bond donors (Lipinski definition) is 1. The van der Waals surface area contributed by atoms with Gasteiger partial charge in [0.2, 0.25) is 0 Å². The molecule has 0 aromatic heterocycles. The predicted molar refractivity (Wildman–Crippen MR) is 78.2 cm³/mol. The van der Waals surface area contributed by atoms with Gasteiger partial charge in [0.25, 0.3) is 0 Å². The van der Waals surface area contributed by atoms with Crippen LogP contribution in [0, 0.1) is 17.7 Å². The van der Waals surface area contributed by atoms with Gasteiger partial charge < -0.3 is 10.0 Å². The smallest absolute Gasteiger partial charge is 0.328 e. The van der Waals surface area contributed by atoms with Gasteiger partial charge in [-0.05, 0) is 42.0 Å². The van der Waals surface area contributed by atoms with Crippen molar-refractivity contribution in [3.63, 3.8) is 0 Å². The van der Waals surface area contributed by atoms with E-state index in [4.69, 9.17) is 5.11 Å². The first kappa shape index (κ1) is 14.6. The van der Waals surface area contributed by atoms with E-state index >= 15 is 0 Å².